The first-order valence-electron chi connectivity index (χ1n) is 4.17. The molecule has 0 aliphatic heterocycles. The Bertz CT molecular complexity index is 231. The van der Waals surface area contributed by atoms with Crippen LogP contribution < -0.4 is 5.32 Å². The molecule has 0 aliphatic rings. The molecule has 0 aliphatic carbocycles. The highest BCUT2D eigenvalue weighted by Crippen LogP contribution is 2.07. The summed E-state index contributed by atoms with van der Waals surface area (Å²) < 4.78 is 0. The highest BCUT2D eigenvalue weighted by Gasteiger charge is 1.94. The average molecular weight is 183 g/mol. The quantitative estimate of drug-likeness (QED) is 0.733. The molecular weight excluding hydrogens is 166 g/mol. The Balaban J connectivity index is 0.00000144. The molecule has 1 aromatic carbocycles. The van der Waals surface area contributed by atoms with Crippen molar-refractivity contribution in [3.63, 3.8) is 0 Å². The van der Waals surface area contributed by atoms with Crippen LogP contribution in [0.4, 0.5) is 5.69 Å². The zero-order valence-corrected chi connectivity index (χ0v) is 8.04. The van der Waals surface area contributed by atoms with E-state index in [1.807, 2.05) is 24.3 Å². The standard InChI is InChI=1S/C10H15NO.H2O/c1-8-3-5-10(6-4-8)11-7-9(2)12;/h3-6,9,11-12H,7H2,1-2H3;1H2. The smallest absolute Gasteiger partial charge is 0.0684 e. The second-order valence-corrected chi connectivity index (χ2v) is 3.10. The van der Waals surface area contributed by atoms with Crippen molar-refractivity contribution in [2.75, 3.05) is 11.9 Å². The van der Waals surface area contributed by atoms with Gasteiger partial charge in [-0.2, -0.15) is 0 Å². The zero-order valence-electron chi connectivity index (χ0n) is 8.04. The highest BCUT2D eigenvalue weighted by molar-refractivity contribution is 5.44. The predicted molar refractivity (Wildman–Crippen MR) is 55.0 cm³/mol. The fraction of sp³-hybridized carbons (Fsp3) is 0.400. The van der Waals surface area contributed by atoms with Gasteiger partial charge in [0.2, 0.25) is 0 Å². The highest BCUT2D eigenvalue weighted by atomic mass is 16.3. The molecule has 0 aromatic heterocycles. The van der Waals surface area contributed by atoms with Crippen molar-refractivity contribution in [3.05, 3.63) is 29.8 Å². The van der Waals surface area contributed by atoms with Gasteiger partial charge in [-0.05, 0) is 26.0 Å². The van der Waals surface area contributed by atoms with Gasteiger partial charge in [-0.15, -0.1) is 0 Å². The molecule has 0 saturated heterocycles. The molecule has 74 valence electrons. The van der Waals surface area contributed by atoms with E-state index >= 15 is 0 Å². The Kier molecular flexibility index (Phi) is 5.11. The molecule has 0 spiro atoms. The SMILES string of the molecule is Cc1ccc(NCC(C)O)cc1.O. The molecule has 0 amide bonds. The van der Waals surface area contributed by atoms with Crippen molar-refractivity contribution >= 4 is 5.69 Å². The first kappa shape index (κ1) is 11.9. The molecule has 4 N–H and O–H groups in total. The number of hydrogen-bond acceptors (Lipinski definition) is 2. The van der Waals surface area contributed by atoms with Gasteiger partial charge < -0.3 is 15.9 Å². The fourth-order valence-electron chi connectivity index (χ4n) is 0.937. The molecule has 0 saturated carbocycles. The van der Waals surface area contributed by atoms with Crippen LogP contribution in [0, 0.1) is 6.92 Å². The van der Waals surface area contributed by atoms with Gasteiger partial charge in [-0.3, -0.25) is 0 Å². The summed E-state index contributed by atoms with van der Waals surface area (Å²) >= 11 is 0. The second kappa shape index (κ2) is 5.56. The minimum atomic E-state index is -0.300. The van der Waals surface area contributed by atoms with E-state index in [0.29, 0.717) is 6.54 Å². The van der Waals surface area contributed by atoms with E-state index in [-0.39, 0.29) is 11.6 Å². The van der Waals surface area contributed by atoms with Crippen LogP contribution in [0.2, 0.25) is 0 Å². The van der Waals surface area contributed by atoms with Crippen LogP contribution in [0.1, 0.15) is 12.5 Å². The molecule has 0 heterocycles. The molecule has 3 nitrogen and oxygen atoms in total. The summed E-state index contributed by atoms with van der Waals surface area (Å²) in [7, 11) is 0. The number of aryl methyl sites for hydroxylation is 1. The molecule has 0 fully saturated rings. The van der Waals surface area contributed by atoms with E-state index in [9.17, 15) is 0 Å². The van der Waals surface area contributed by atoms with Crippen LogP contribution in [0.15, 0.2) is 24.3 Å². The van der Waals surface area contributed by atoms with Crippen LogP contribution in [0.5, 0.6) is 0 Å². The molecule has 1 rings (SSSR count). The summed E-state index contributed by atoms with van der Waals surface area (Å²) in [5.74, 6) is 0. The third kappa shape index (κ3) is 4.50. The summed E-state index contributed by atoms with van der Waals surface area (Å²) in [5.41, 5.74) is 2.30. The average Bonchev–Trinajstić information content (AvgIpc) is 2.03. The topological polar surface area (TPSA) is 63.8 Å². The first-order valence-corrected chi connectivity index (χ1v) is 4.17. The predicted octanol–water partition coefficient (Wildman–Crippen LogP) is 0.963. The number of anilines is 1. The summed E-state index contributed by atoms with van der Waals surface area (Å²) in [5, 5.41) is 12.1. The monoisotopic (exact) mass is 183 g/mol. The number of benzene rings is 1. The van der Waals surface area contributed by atoms with E-state index in [1.54, 1.807) is 6.92 Å². The molecule has 1 unspecified atom stereocenters. The molecule has 1 aromatic rings. The molecular formula is C10H17NO2. The molecule has 0 bridgehead atoms. The maximum atomic E-state index is 9.01. The lowest BCUT2D eigenvalue weighted by atomic mass is 10.2. The first-order chi connectivity index (χ1) is 5.68. The van der Waals surface area contributed by atoms with E-state index < -0.39 is 0 Å². The van der Waals surface area contributed by atoms with Crippen LogP contribution in [-0.4, -0.2) is 23.2 Å². The van der Waals surface area contributed by atoms with Crippen molar-refractivity contribution in [1.29, 1.82) is 0 Å². The second-order valence-electron chi connectivity index (χ2n) is 3.10. The molecule has 0 radical (unpaired) electrons. The summed E-state index contributed by atoms with van der Waals surface area (Å²) in [4.78, 5) is 0. The van der Waals surface area contributed by atoms with Gasteiger partial charge >= 0.3 is 0 Å². The van der Waals surface area contributed by atoms with Crippen molar-refractivity contribution in [1.82, 2.24) is 0 Å². The van der Waals surface area contributed by atoms with Gasteiger partial charge in [0.1, 0.15) is 0 Å². The Labute approximate surface area is 78.7 Å². The maximum Gasteiger partial charge on any atom is 0.0684 e. The summed E-state index contributed by atoms with van der Waals surface area (Å²) in [6, 6.07) is 8.12. The van der Waals surface area contributed by atoms with E-state index in [4.69, 9.17) is 5.11 Å². The lowest BCUT2D eigenvalue weighted by Crippen LogP contribution is -2.15. The lowest BCUT2D eigenvalue weighted by Gasteiger charge is -2.07. The Hall–Kier alpha value is -1.06. The number of aliphatic hydroxyl groups excluding tert-OH is 1. The van der Waals surface area contributed by atoms with Crippen LogP contribution in [-0.2, 0) is 0 Å². The minimum absolute atomic E-state index is 0. The van der Waals surface area contributed by atoms with Crippen molar-refractivity contribution in [2.45, 2.75) is 20.0 Å². The van der Waals surface area contributed by atoms with E-state index in [0.717, 1.165) is 5.69 Å². The summed E-state index contributed by atoms with van der Waals surface area (Å²) in [6.45, 7) is 4.42. The molecule has 3 heteroatoms. The van der Waals surface area contributed by atoms with Gasteiger partial charge in [0.25, 0.3) is 0 Å². The zero-order chi connectivity index (χ0) is 8.97. The number of nitrogens with one attached hydrogen (secondary N) is 1. The van der Waals surface area contributed by atoms with Crippen LogP contribution >= 0.6 is 0 Å². The van der Waals surface area contributed by atoms with Crippen LogP contribution in [0.3, 0.4) is 0 Å². The summed E-state index contributed by atoms with van der Waals surface area (Å²) in [6.07, 6.45) is -0.300. The lowest BCUT2D eigenvalue weighted by molar-refractivity contribution is 0.208. The molecule has 13 heavy (non-hydrogen) atoms. The van der Waals surface area contributed by atoms with Crippen molar-refractivity contribution in [3.8, 4) is 0 Å². The van der Waals surface area contributed by atoms with E-state index in [1.165, 1.54) is 5.56 Å². The molecule has 1 atom stereocenters. The van der Waals surface area contributed by atoms with Gasteiger partial charge in [-0.25, -0.2) is 0 Å². The Morgan fingerprint density at radius 1 is 1.31 bits per heavy atom. The fourth-order valence-corrected chi connectivity index (χ4v) is 0.937. The van der Waals surface area contributed by atoms with Crippen molar-refractivity contribution < 1.29 is 10.6 Å². The van der Waals surface area contributed by atoms with Gasteiger partial charge in [-0.1, -0.05) is 17.7 Å². The van der Waals surface area contributed by atoms with Gasteiger partial charge in [0.05, 0.1) is 6.10 Å². The van der Waals surface area contributed by atoms with Crippen LogP contribution in [0.25, 0.3) is 0 Å². The maximum absolute atomic E-state index is 9.01. The van der Waals surface area contributed by atoms with Crippen molar-refractivity contribution in [2.24, 2.45) is 0 Å². The number of aliphatic hydroxyl groups is 1. The third-order valence-electron chi connectivity index (χ3n) is 1.65. The Morgan fingerprint density at radius 2 is 1.85 bits per heavy atom. The number of rotatable bonds is 3. The number of hydrogen-bond donors (Lipinski definition) is 2. The van der Waals surface area contributed by atoms with E-state index in [2.05, 4.69) is 12.2 Å². The third-order valence-corrected chi connectivity index (χ3v) is 1.65. The minimum Gasteiger partial charge on any atom is -0.412 e. The normalized spacial score (nSPS) is 11.6. The largest absolute Gasteiger partial charge is 0.412 e. The van der Waals surface area contributed by atoms with Gasteiger partial charge in [0, 0.05) is 12.2 Å². The van der Waals surface area contributed by atoms with Gasteiger partial charge in [0.15, 0.2) is 0 Å². The Morgan fingerprint density at radius 3 is 2.31 bits per heavy atom.